The average molecular weight is 213 g/mol. The number of halogens is 3. The molecule has 0 spiro atoms. The zero-order valence-corrected chi connectivity index (χ0v) is 9.02. The third-order valence-electron chi connectivity index (χ3n) is 2.26. The second kappa shape index (κ2) is 4.49. The standard InChI is InChI=1S/C9H18F3NO/c1-7(14)8(2,3)5-13(4)6-9(10,11)12/h7,14H,5-6H2,1-4H3. The summed E-state index contributed by atoms with van der Waals surface area (Å²) < 4.78 is 35.9. The number of alkyl halides is 3. The molecular weight excluding hydrogens is 195 g/mol. The van der Waals surface area contributed by atoms with E-state index in [9.17, 15) is 18.3 Å². The number of aliphatic hydroxyl groups is 1. The Morgan fingerprint density at radius 2 is 1.64 bits per heavy atom. The first-order valence-corrected chi connectivity index (χ1v) is 4.48. The van der Waals surface area contributed by atoms with E-state index < -0.39 is 24.2 Å². The fraction of sp³-hybridized carbons (Fsp3) is 1.00. The normalized spacial score (nSPS) is 16.1. The van der Waals surface area contributed by atoms with Crippen LogP contribution in [0.5, 0.6) is 0 Å². The van der Waals surface area contributed by atoms with Gasteiger partial charge in [-0.2, -0.15) is 13.2 Å². The molecule has 0 aliphatic heterocycles. The van der Waals surface area contributed by atoms with Crippen molar-refractivity contribution in [1.29, 1.82) is 0 Å². The van der Waals surface area contributed by atoms with E-state index in [1.54, 1.807) is 20.8 Å². The molecule has 0 bridgehead atoms. The summed E-state index contributed by atoms with van der Waals surface area (Å²) in [6, 6.07) is 0. The van der Waals surface area contributed by atoms with Crippen LogP contribution in [0.4, 0.5) is 13.2 Å². The van der Waals surface area contributed by atoms with Gasteiger partial charge in [-0.05, 0) is 14.0 Å². The van der Waals surface area contributed by atoms with Crippen LogP contribution in [-0.4, -0.2) is 42.4 Å². The van der Waals surface area contributed by atoms with Gasteiger partial charge in [-0.1, -0.05) is 13.8 Å². The lowest BCUT2D eigenvalue weighted by atomic mass is 9.87. The highest BCUT2D eigenvalue weighted by Crippen LogP contribution is 2.23. The van der Waals surface area contributed by atoms with Crippen molar-refractivity contribution in [1.82, 2.24) is 4.90 Å². The predicted molar refractivity (Wildman–Crippen MR) is 49.0 cm³/mol. The Bertz CT molecular complexity index is 177. The van der Waals surface area contributed by atoms with Crippen LogP contribution in [0.2, 0.25) is 0 Å². The van der Waals surface area contributed by atoms with Crippen LogP contribution in [0.15, 0.2) is 0 Å². The molecule has 5 heteroatoms. The van der Waals surface area contributed by atoms with Crippen molar-refractivity contribution in [2.75, 3.05) is 20.1 Å². The van der Waals surface area contributed by atoms with E-state index in [4.69, 9.17) is 0 Å². The summed E-state index contributed by atoms with van der Waals surface area (Å²) >= 11 is 0. The molecular formula is C9H18F3NO. The molecule has 0 radical (unpaired) electrons. The quantitative estimate of drug-likeness (QED) is 0.770. The van der Waals surface area contributed by atoms with Gasteiger partial charge in [0.2, 0.25) is 0 Å². The molecule has 0 rings (SSSR count). The van der Waals surface area contributed by atoms with Crippen LogP contribution in [-0.2, 0) is 0 Å². The van der Waals surface area contributed by atoms with Crippen molar-refractivity contribution in [2.45, 2.75) is 33.1 Å². The highest BCUT2D eigenvalue weighted by molar-refractivity contribution is 4.78. The zero-order valence-electron chi connectivity index (χ0n) is 9.02. The van der Waals surface area contributed by atoms with Gasteiger partial charge in [-0.3, -0.25) is 4.90 Å². The minimum absolute atomic E-state index is 0.212. The molecule has 0 saturated carbocycles. The van der Waals surface area contributed by atoms with Crippen molar-refractivity contribution >= 4 is 0 Å². The Labute approximate surface area is 82.7 Å². The van der Waals surface area contributed by atoms with Crippen LogP contribution in [0, 0.1) is 5.41 Å². The maximum Gasteiger partial charge on any atom is 0.401 e. The highest BCUT2D eigenvalue weighted by atomic mass is 19.4. The first-order valence-electron chi connectivity index (χ1n) is 4.48. The number of hydrogen-bond donors (Lipinski definition) is 1. The summed E-state index contributed by atoms with van der Waals surface area (Å²) in [5.41, 5.74) is -0.528. The number of hydrogen-bond acceptors (Lipinski definition) is 2. The van der Waals surface area contributed by atoms with Crippen LogP contribution >= 0.6 is 0 Å². The Kier molecular flexibility index (Phi) is 4.39. The van der Waals surface area contributed by atoms with E-state index in [1.807, 2.05) is 0 Å². The van der Waals surface area contributed by atoms with Crippen molar-refractivity contribution in [3.8, 4) is 0 Å². The fourth-order valence-electron chi connectivity index (χ4n) is 1.19. The first-order chi connectivity index (χ1) is 6.04. The van der Waals surface area contributed by atoms with Gasteiger partial charge in [-0.15, -0.1) is 0 Å². The predicted octanol–water partition coefficient (Wildman–Crippen LogP) is 1.89. The van der Waals surface area contributed by atoms with Crippen molar-refractivity contribution in [2.24, 2.45) is 5.41 Å². The molecule has 86 valence electrons. The van der Waals surface area contributed by atoms with Crippen molar-refractivity contribution < 1.29 is 18.3 Å². The molecule has 0 fully saturated rings. The van der Waals surface area contributed by atoms with Crippen LogP contribution in [0.25, 0.3) is 0 Å². The molecule has 0 aliphatic carbocycles. The largest absolute Gasteiger partial charge is 0.401 e. The van der Waals surface area contributed by atoms with Crippen LogP contribution in [0.1, 0.15) is 20.8 Å². The maximum absolute atomic E-state index is 12.0. The number of aliphatic hydroxyl groups excluding tert-OH is 1. The highest BCUT2D eigenvalue weighted by Gasteiger charge is 2.33. The fourth-order valence-corrected chi connectivity index (χ4v) is 1.19. The summed E-state index contributed by atoms with van der Waals surface area (Å²) in [6.45, 7) is 4.34. The van der Waals surface area contributed by atoms with Gasteiger partial charge in [0, 0.05) is 12.0 Å². The molecule has 0 amide bonds. The summed E-state index contributed by atoms with van der Waals surface area (Å²) in [7, 11) is 1.40. The SMILES string of the molecule is CC(O)C(C)(C)CN(C)CC(F)(F)F. The lowest BCUT2D eigenvalue weighted by Gasteiger charge is -2.33. The summed E-state index contributed by atoms with van der Waals surface area (Å²) in [4.78, 5) is 1.17. The molecule has 0 aliphatic rings. The number of nitrogens with zero attached hydrogens (tertiary/aromatic N) is 1. The summed E-state index contributed by atoms with van der Waals surface area (Å²) in [5, 5.41) is 9.32. The molecule has 1 unspecified atom stereocenters. The molecule has 1 N–H and O–H groups in total. The van der Waals surface area contributed by atoms with Gasteiger partial charge >= 0.3 is 6.18 Å². The van der Waals surface area contributed by atoms with E-state index in [0.29, 0.717) is 0 Å². The Balaban J connectivity index is 4.12. The van der Waals surface area contributed by atoms with Gasteiger partial charge in [0.25, 0.3) is 0 Å². The minimum atomic E-state index is -4.18. The zero-order chi connectivity index (χ0) is 11.6. The Morgan fingerprint density at radius 3 is 1.93 bits per heavy atom. The van der Waals surface area contributed by atoms with Crippen LogP contribution < -0.4 is 0 Å². The average Bonchev–Trinajstić information content (AvgIpc) is 1.79. The van der Waals surface area contributed by atoms with E-state index in [0.717, 1.165) is 0 Å². The third-order valence-corrected chi connectivity index (χ3v) is 2.26. The first kappa shape index (κ1) is 13.7. The van der Waals surface area contributed by atoms with Gasteiger partial charge < -0.3 is 5.11 Å². The molecule has 0 aromatic rings. The second-order valence-electron chi connectivity index (χ2n) is 4.45. The van der Waals surface area contributed by atoms with Crippen molar-refractivity contribution in [3.63, 3.8) is 0 Å². The smallest absolute Gasteiger partial charge is 0.393 e. The summed E-state index contributed by atoms with van der Waals surface area (Å²) in [6.07, 6.45) is -4.80. The summed E-state index contributed by atoms with van der Waals surface area (Å²) in [5.74, 6) is 0. The monoisotopic (exact) mass is 213 g/mol. The van der Waals surface area contributed by atoms with Gasteiger partial charge in [0.05, 0.1) is 12.6 Å². The third kappa shape index (κ3) is 5.44. The Hall–Kier alpha value is -0.290. The minimum Gasteiger partial charge on any atom is -0.393 e. The molecule has 0 saturated heterocycles. The maximum atomic E-state index is 12.0. The van der Waals surface area contributed by atoms with Gasteiger partial charge in [0.1, 0.15) is 0 Å². The number of rotatable bonds is 4. The molecule has 2 nitrogen and oxygen atoms in total. The molecule has 14 heavy (non-hydrogen) atoms. The molecule has 0 aromatic heterocycles. The topological polar surface area (TPSA) is 23.5 Å². The lowest BCUT2D eigenvalue weighted by Crippen LogP contribution is -2.42. The van der Waals surface area contributed by atoms with Crippen LogP contribution in [0.3, 0.4) is 0 Å². The van der Waals surface area contributed by atoms with Gasteiger partial charge in [-0.25, -0.2) is 0 Å². The van der Waals surface area contributed by atoms with E-state index in [-0.39, 0.29) is 6.54 Å². The molecule has 0 heterocycles. The molecule has 1 atom stereocenters. The molecule has 0 aromatic carbocycles. The van der Waals surface area contributed by atoms with E-state index in [1.165, 1.54) is 11.9 Å². The van der Waals surface area contributed by atoms with Gasteiger partial charge in [0.15, 0.2) is 0 Å². The Morgan fingerprint density at radius 1 is 1.21 bits per heavy atom. The van der Waals surface area contributed by atoms with Crippen molar-refractivity contribution in [3.05, 3.63) is 0 Å². The van der Waals surface area contributed by atoms with E-state index in [2.05, 4.69) is 0 Å². The second-order valence-corrected chi connectivity index (χ2v) is 4.45. The van der Waals surface area contributed by atoms with E-state index >= 15 is 0 Å². The lowest BCUT2D eigenvalue weighted by molar-refractivity contribution is -0.147.